The molecule has 0 aromatic heterocycles. The largest absolute Gasteiger partial charge is 0.356 e. The van der Waals surface area contributed by atoms with Gasteiger partial charge in [-0.05, 0) is 30.0 Å². The molecule has 1 aromatic rings. The molecular weight excluding hydrogens is 360 g/mol. The number of aliphatic imine (C=N–C) groups is 1. The highest BCUT2D eigenvalue weighted by Crippen LogP contribution is 2.22. The molecule has 6 nitrogen and oxygen atoms in total. The predicted octanol–water partition coefficient (Wildman–Crippen LogP) is 3.01. The van der Waals surface area contributed by atoms with Crippen molar-refractivity contribution in [1.29, 1.82) is 0 Å². The Balaban J connectivity index is 2.48. The molecule has 0 unspecified atom stereocenters. The van der Waals surface area contributed by atoms with Crippen LogP contribution in [0.4, 0.5) is 0 Å². The van der Waals surface area contributed by atoms with Gasteiger partial charge in [-0.25, -0.2) is 13.1 Å². The maximum atomic E-state index is 11.6. The van der Waals surface area contributed by atoms with Gasteiger partial charge in [-0.2, -0.15) is 0 Å². The molecular formula is C20H36N4O2S. The second kappa shape index (κ2) is 11.3. The molecule has 27 heavy (non-hydrogen) atoms. The predicted molar refractivity (Wildman–Crippen MR) is 114 cm³/mol. The Morgan fingerprint density at radius 2 is 1.70 bits per heavy atom. The quantitative estimate of drug-likeness (QED) is 0.305. The number of unbranched alkanes of at least 4 members (excludes halogenated alkanes) is 2. The number of guanidine groups is 1. The number of hydrogen-bond acceptors (Lipinski definition) is 3. The van der Waals surface area contributed by atoms with Gasteiger partial charge in [0.25, 0.3) is 0 Å². The summed E-state index contributed by atoms with van der Waals surface area (Å²) in [6.07, 6.45) is 4.98. The van der Waals surface area contributed by atoms with Gasteiger partial charge >= 0.3 is 0 Å². The first-order valence-electron chi connectivity index (χ1n) is 9.65. The zero-order valence-electron chi connectivity index (χ0n) is 17.4. The van der Waals surface area contributed by atoms with Crippen molar-refractivity contribution in [3.8, 4) is 0 Å². The van der Waals surface area contributed by atoms with E-state index in [4.69, 9.17) is 0 Å². The molecule has 0 heterocycles. The summed E-state index contributed by atoms with van der Waals surface area (Å²) < 4.78 is 25.5. The molecule has 7 heteroatoms. The van der Waals surface area contributed by atoms with Gasteiger partial charge in [-0.1, -0.05) is 64.3 Å². The summed E-state index contributed by atoms with van der Waals surface area (Å²) in [5.41, 5.74) is 2.07. The fourth-order valence-corrected chi connectivity index (χ4v) is 3.49. The third-order valence-electron chi connectivity index (χ3n) is 4.57. The molecule has 0 radical (unpaired) electrons. The van der Waals surface area contributed by atoms with Crippen LogP contribution >= 0.6 is 0 Å². The maximum absolute atomic E-state index is 11.6. The first kappa shape index (κ1) is 23.4. The lowest BCUT2D eigenvalue weighted by atomic mass is 9.87. The Morgan fingerprint density at radius 1 is 1.07 bits per heavy atom. The molecule has 0 amide bonds. The van der Waals surface area contributed by atoms with Crippen LogP contribution in [0, 0.1) is 5.41 Å². The van der Waals surface area contributed by atoms with Gasteiger partial charge in [0.2, 0.25) is 10.0 Å². The van der Waals surface area contributed by atoms with E-state index in [2.05, 4.69) is 41.1 Å². The fraction of sp³-hybridized carbons (Fsp3) is 0.650. The SMILES string of the molecule is CCCCCC(C)(C)CNC(=NC)NCc1ccc(CS(=O)(=O)NC)cc1. The molecule has 0 aliphatic carbocycles. The minimum absolute atomic E-state index is 0.00640. The van der Waals surface area contributed by atoms with E-state index < -0.39 is 10.0 Å². The molecule has 1 rings (SSSR count). The summed E-state index contributed by atoms with van der Waals surface area (Å²) in [5, 5.41) is 6.72. The Morgan fingerprint density at radius 3 is 2.26 bits per heavy atom. The number of hydrogen-bond donors (Lipinski definition) is 3. The number of nitrogens with one attached hydrogen (secondary N) is 3. The minimum Gasteiger partial charge on any atom is -0.356 e. The zero-order chi connectivity index (χ0) is 20.3. The van der Waals surface area contributed by atoms with Crippen LogP contribution in [0.2, 0.25) is 0 Å². The summed E-state index contributed by atoms with van der Waals surface area (Å²) in [4.78, 5) is 4.29. The average molecular weight is 397 g/mol. The van der Waals surface area contributed by atoms with E-state index in [1.54, 1.807) is 7.05 Å². The number of benzene rings is 1. The molecule has 0 saturated carbocycles. The normalized spacial score (nSPS) is 12.9. The van der Waals surface area contributed by atoms with Gasteiger partial charge in [-0.15, -0.1) is 0 Å². The topological polar surface area (TPSA) is 82.6 Å². The van der Waals surface area contributed by atoms with Crippen molar-refractivity contribution in [2.24, 2.45) is 10.4 Å². The Hall–Kier alpha value is -1.60. The van der Waals surface area contributed by atoms with Crippen LogP contribution < -0.4 is 15.4 Å². The number of sulfonamides is 1. The molecule has 1 aromatic carbocycles. The van der Waals surface area contributed by atoms with E-state index in [0.717, 1.165) is 23.6 Å². The summed E-state index contributed by atoms with van der Waals surface area (Å²) in [6.45, 7) is 8.29. The van der Waals surface area contributed by atoms with Crippen LogP contribution in [0.1, 0.15) is 57.6 Å². The Labute approximate surface area is 165 Å². The molecule has 0 atom stereocenters. The van der Waals surface area contributed by atoms with E-state index in [0.29, 0.717) is 6.54 Å². The van der Waals surface area contributed by atoms with Crippen molar-refractivity contribution in [3.05, 3.63) is 35.4 Å². The van der Waals surface area contributed by atoms with Crippen LogP contribution in [0.5, 0.6) is 0 Å². The highest BCUT2D eigenvalue weighted by Gasteiger charge is 2.17. The second-order valence-corrected chi connectivity index (χ2v) is 9.61. The number of rotatable bonds is 11. The highest BCUT2D eigenvalue weighted by atomic mass is 32.2. The zero-order valence-corrected chi connectivity index (χ0v) is 18.2. The Kier molecular flexibility index (Phi) is 9.80. The van der Waals surface area contributed by atoms with Crippen molar-refractivity contribution in [2.45, 2.75) is 58.8 Å². The molecule has 0 aliphatic rings. The van der Waals surface area contributed by atoms with E-state index in [1.807, 2.05) is 24.3 Å². The lowest BCUT2D eigenvalue weighted by molar-refractivity contribution is 0.318. The third kappa shape index (κ3) is 9.77. The van der Waals surface area contributed by atoms with Crippen LogP contribution in [-0.2, 0) is 22.3 Å². The summed E-state index contributed by atoms with van der Waals surface area (Å²) >= 11 is 0. The molecule has 0 fully saturated rings. The first-order chi connectivity index (χ1) is 12.7. The standard InChI is InChI=1S/C20H36N4O2S/c1-6-7-8-13-20(2,3)16-24-19(21-4)23-14-17-9-11-18(12-10-17)15-27(25,26)22-5/h9-12,22H,6-8,13-16H2,1-5H3,(H2,21,23,24). The van der Waals surface area contributed by atoms with Crippen LogP contribution in [0.15, 0.2) is 29.3 Å². The molecule has 0 aliphatic heterocycles. The molecule has 3 N–H and O–H groups in total. The van der Waals surface area contributed by atoms with Crippen LogP contribution in [0.25, 0.3) is 0 Å². The van der Waals surface area contributed by atoms with E-state index in [1.165, 1.54) is 32.7 Å². The summed E-state index contributed by atoms with van der Waals surface area (Å²) in [5.74, 6) is 0.772. The fourth-order valence-electron chi connectivity index (χ4n) is 2.72. The minimum atomic E-state index is -3.24. The molecule has 0 bridgehead atoms. The van der Waals surface area contributed by atoms with Crippen molar-refractivity contribution in [1.82, 2.24) is 15.4 Å². The van der Waals surface area contributed by atoms with E-state index in [-0.39, 0.29) is 11.2 Å². The van der Waals surface area contributed by atoms with Gasteiger partial charge in [-0.3, -0.25) is 4.99 Å². The van der Waals surface area contributed by atoms with Gasteiger partial charge in [0.15, 0.2) is 5.96 Å². The molecule has 0 saturated heterocycles. The van der Waals surface area contributed by atoms with Gasteiger partial charge in [0.05, 0.1) is 5.75 Å². The molecule has 0 spiro atoms. The van der Waals surface area contributed by atoms with Crippen LogP contribution in [-0.4, -0.2) is 35.0 Å². The summed E-state index contributed by atoms with van der Waals surface area (Å²) in [7, 11) is -0.0429. The van der Waals surface area contributed by atoms with Crippen molar-refractivity contribution in [2.75, 3.05) is 20.6 Å². The van der Waals surface area contributed by atoms with Gasteiger partial charge < -0.3 is 10.6 Å². The van der Waals surface area contributed by atoms with E-state index in [9.17, 15) is 8.42 Å². The third-order valence-corrected chi connectivity index (χ3v) is 5.90. The van der Waals surface area contributed by atoms with Crippen molar-refractivity contribution < 1.29 is 8.42 Å². The Bertz CT molecular complexity index is 682. The van der Waals surface area contributed by atoms with Crippen molar-refractivity contribution >= 4 is 16.0 Å². The maximum Gasteiger partial charge on any atom is 0.215 e. The van der Waals surface area contributed by atoms with Gasteiger partial charge in [0.1, 0.15) is 0 Å². The summed E-state index contributed by atoms with van der Waals surface area (Å²) in [6, 6.07) is 7.57. The van der Waals surface area contributed by atoms with E-state index >= 15 is 0 Å². The smallest absolute Gasteiger partial charge is 0.215 e. The first-order valence-corrected chi connectivity index (χ1v) is 11.3. The lowest BCUT2D eigenvalue weighted by Crippen LogP contribution is -2.41. The number of nitrogens with zero attached hydrogens (tertiary/aromatic N) is 1. The van der Waals surface area contributed by atoms with Crippen molar-refractivity contribution in [3.63, 3.8) is 0 Å². The average Bonchev–Trinajstić information content (AvgIpc) is 2.63. The molecule has 154 valence electrons. The lowest BCUT2D eigenvalue weighted by Gasteiger charge is -2.26. The van der Waals surface area contributed by atoms with Crippen LogP contribution in [0.3, 0.4) is 0 Å². The highest BCUT2D eigenvalue weighted by molar-refractivity contribution is 7.88. The van der Waals surface area contributed by atoms with Gasteiger partial charge in [0, 0.05) is 20.1 Å². The second-order valence-electron chi connectivity index (χ2n) is 7.68. The monoisotopic (exact) mass is 396 g/mol.